The highest BCUT2D eigenvalue weighted by atomic mass is 79.9. The Morgan fingerprint density at radius 3 is 2.95 bits per heavy atom. The average Bonchev–Trinajstić information content (AvgIpc) is 2.88. The van der Waals surface area contributed by atoms with Gasteiger partial charge in [-0.15, -0.1) is 16.7 Å². The number of nitrogens with zero attached hydrogens (tertiary/aromatic N) is 4. The maximum absolute atomic E-state index is 10.9. The predicted molar refractivity (Wildman–Crippen MR) is 78.8 cm³/mol. The van der Waals surface area contributed by atoms with Crippen LogP contribution in [0.25, 0.3) is 0 Å². The summed E-state index contributed by atoms with van der Waals surface area (Å²) in [6.07, 6.45) is 2.52. The Kier molecular flexibility index (Phi) is 4.72. The summed E-state index contributed by atoms with van der Waals surface area (Å²) in [6.45, 7) is 2.36. The number of benzene rings is 1. The van der Waals surface area contributed by atoms with Crippen LogP contribution in [0.1, 0.15) is 30.0 Å². The van der Waals surface area contributed by atoms with E-state index in [-0.39, 0.29) is 11.1 Å². The molecule has 0 aliphatic heterocycles. The molecule has 0 radical (unpaired) electrons. The molecule has 0 amide bonds. The minimum atomic E-state index is -0.424. The maximum atomic E-state index is 10.9. The Morgan fingerprint density at radius 2 is 2.30 bits per heavy atom. The van der Waals surface area contributed by atoms with Crippen molar-refractivity contribution in [2.75, 3.05) is 0 Å². The fourth-order valence-electron chi connectivity index (χ4n) is 1.75. The molecule has 1 unspecified atom stereocenters. The summed E-state index contributed by atoms with van der Waals surface area (Å²) < 4.78 is 2.07. The highest BCUT2D eigenvalue weighted by Gasteiger charge is 2.16. The number of alkyl halides is 1. The van der Waals surface area contributed by atoms with Gasteiger partial charge in [0, 0.05) is 6.07 Å². The van der Waals surface area contributed by atoms with Crippen LogP contribution in [0.3, 0.4) is 0 Å². The molecule has 0 aliphatic carbocycles. The molecular weight excluding hydrogens is 348 g/mol. The number of hydrogen-bond acceptors (Lipinski definition) is 4. The lowest BCUT2D eigenvalue weighted by molar-refractivity contribution is -0.385. The van der Waals surface area contributed by atoms with E-state index in [4.69, 9.17) is 11.6 Å². The van der Waals surface area contributed by atoms with E-state index in [1.807, 2.05) is 6.92 Å². The van der Waals surface area contributed by atoms with E-state index < -0.39 is 4.92 Å². The minimum Gasteiger partial charge on any atom is -0.258 e. The lowest BCUT2D eigenvalue weighted by atomic mass is 10.2. The van der Waals surface area contributed by atoms with Crippen LogP contribution in [0.2, 0.25) is 0 Å². The van der Waals surface area contributed by atoms with Crippen molar-refractivity contribution in [2.24, 2.45) is 0 Å². The quantitative estimate of drug-likeness (QED) is 0.463. The normalized spacial score (nSPS) is 12.3. The molecule has 1 atom stereocenters. The number of halogens is 2. The Labute approximate surface area is 129 Å². The third kappa shape index (κ3) is 3.16. The fourth-order valence-corrected chi connectivity index (χ4v) is 2.38. The fraction of sp³-hybridized carbons (Fsp3) is 0.333. The van der Waals surface area contributed by atoms with Gasteiger partial charge in [0.05, 0.1) is 23.0 Å². The number of nitro groups is 1. The summed E-state index contributed by atoms with van der Waals surface area (Å²) in [5.41, 5.74) is 1.50. The summed E-state index contributed by atoms with van der Waals surface area (Å²) in [5, 5.41) is 18.7. The molecule has 0 spiro atoms. The van der Waals surface area contributed by atoms with Crippen molar-refractivity contribution in [3.05, 3.63) is 50.2 Å². The maximum Gasteiger partial charge on any atom is 0.283 e. The third-order valence-electron chi connectivity index (χ3n) is 2.82. The molecule has 0 N–H and O–H groups in total. The molecule has 1 aromatic heterocycles. The number of nitro benzene ring substituents is 1. The molecule has 106 valence electrons. The van der Waals surface area contributed by atoms with Gasteiger partial charge in [-0.2, -0.15) is 0 Å². The van der Waals surface area contributed by atoms with Gasteiger partial charge in [-0.3, -0.25) is 10.1 Å². The molecule has 0 saturated carbocycles. The first-order chi connectivity index (χ1) is 9.52. The first-order valence-electron chi connectivity index (χ1n) is 5.98. The number of rotatable bonds is 5. The van der Waals surface area contributed by atoms with Crippen molar-refractivity contribution in [3.63, 3.8) is 0 Å². The molecule has 2 rings (SSSR count). The summed E-state index contributed by atoms with van der Waals surface area (Å²) >= 11 is 9.35. The Balaban J connectivity index is 2.24. The van der Waals surface area contributed by atoms with Crippen molar-refractivity contribution in [1.29, 1.82) is 0 Å². The van der Waals surface area contributed by atoms with Gasteiger partial charge in [-0.1, -0.05) is 24.3 Å². The van der Waals surface area contributed by atoms with E-state index in [1.54, 1.807) is 23.0 Å². The first kappa shape index (κ1) is 14.9. The van der Waals surface area contributed by atoms with Gasteiger partial charge in [0.2, 0.25) is 0 Å². The smallest absolute Gasteiger partial charge is 0.258 e. The second-order valence-electron chi connectivity index (χ2n) is 4.22. The van der Waals surface area contributed by atoms with E-state index in [9.17, 15) is 10.1 Å². The molecule has 0 aliphatic rings. The van der Waals surface area contributed by atoms with Crippen LogP contribution < -0.4 is 0 Å². The van der Waals surface area contributed by atoms with E-state index >= 15 is 0 Å². The first-order valence-corrected chi connectivity index (χ1v) is 7.21. The highest BCUT2D eigenvalue weighted by Crippen LogP contribution is 2.29. The van der Waals surface area contributed by atoms with Gasteiger partial charge in [0.15, 0.2) is 0 Å². The Bertz CT molecular complexity index is 632. The molecule has 6 nitrogen and oxygen atoms in total. The van der Waals surface area contributed by atoms with Crippen molar-refractivity contribution >= 4 is 33.2 Å². The van der Waals surface area contributed by atoms with Gasteiger partial charge in [0.25, 0.3) is 5.69 Å². The zero-order valence-electron chi connectivity index (χ0n) is 10.7. The van der Waals surface area contributed by atoms with Gasteiger partial charge in [-0.05, 0) is 27.9 Å². The monoisotopic (exact) mass is 358 g/mol. The zero-order chi connectivity index (χ0) is 14.7. The van der Waals surface area contributed by atoms with Crippen LogP contribution in [-0.4, -0.2) is 19.9 Å². The third-order valence-corrected chi connectivity index (χ3v) is 4.27. The molecule has 8 heteroatoms. The highest BCUT2D eigenvalue weighted by molar-refractivity contribution is 9.10. The summed E-state index contributed by atoms with van der Waals surface area (Å²) in [7, 11) is 0. The summed E-state index contributed by atoms with van der Waals surface area (Å²) in [5.74, 6) is 0. The zero-order valence-corrected chi connectivity index (χ0v) is 13.0. The van der Waals surface area contributed by atoms with Crippen molar-refractivity contribution in [2.45, 2.75) is 25.3 Å². The van der Waals surface area contributed by atoms with Crippen molar-refractivity contribution in [1.82, 2.24) is 15.0 Å². The van der Waals surface area contributed by atoms with Gasteiger partial charge in [0.1, 0.15) is 10.2 Å². The second-order valence-corrected chi connectivity index (χ2v) is 5.54. The van der Waals surface area contributed by atoms with Crippen LogP contribution in [0.4, 0.5) is 5.69 Å². The van der Waals surface area contributed by atoms with E-state index in [1.165, 1.54) is 6.07 Å². The van der Waals surface area contributed by atoms with Gasteiger partial charge in [-0.25, -0.2) is 4.68 Å². The largest absolute Gasteiger partial charge is 0.283 e. The SMILES string of the molecule is CCC(Cl)c1cn(Cc2cccc([N+](=O)[O-])c2Br)nn1. The van der Waals surface area contributed by atoms with E-state index in [0.717, 1.165) is 12.0 Å². The number of hydrogen-bond donors (Lipinski definition) is 0. The topological polar surface area (TPSA) is 73.8 Å². The standard InChI is InChI=1S/C12H12BrClN4O2/c1-2-9(14)10-7-17(16-15-10)6-8-4-3-5-11(12(8)13)18(19)20/h3-5,7,9H,2,6H2,1H3. The van der Waals surface area contributed by atoms with E-state index in [2.05, 4.69) is 26.2 Å². The predicted octanol–water partition coefficient (Wildman–Crippen LogP) is 3.69. The van der Waals surface area contributed by atoms with Crippen LogP contribution in [0.5, 0.6) is 0 Å². The summed E-state index contributed by atoms with van der Waals surface area (Å²) in [4.78, 5) is 10.5. The molecule has 20 heavy (non-hydrogen) atoms. The van der Waals surface area contributed by atoms with Crippen LogP contribution in [0, 0.1) is 10.1 Å². The molecule has 2 aromatic rings. The second kappa shape index (κ2) is 6.32. The molecule has 0 fully saturated rings. The van der Waals surface area contributed by atoms with Crippen LogP contribution in [0.15, 0.2) is 28.9 Å². The Hall–Kier alpha value is -1.47. The molecular formula is C12H12BrClN4O2. The summed E-state index contributed by atoms with van der Waals surface area (Å²) in [6, 6.07) is 4.90. The lowest BCUT2D eigenvalue weighted by Gasteiger charge is -2.04. The molecule has 0 saturated heterocycles. The molecule has 0 bridgehead atoms. The van der Waals surface area contributed by atoms with Gasteiger partial charge >= 0.3 is 0 Å². The Morgan fingerprint density at radius 1 is 1.55 bits per heavy atom. The molecule has 1 heterocycles. The minimum absolute atomic E-state index is 0.0339. The van der Waals surface area contributed by atoms with Crippen LogP contribution in [-0.2, 0) is 6.54 Å². The molecule has 1 aromatic carbocycles. The van der Waals surface area contributed by atoms with Crippen molar-refractivity contribution in [3.8, 4) is 0 Å². The van der Waals surface area contributed by atoms with Crippen molar-refractivity contribution < 1.29 is 4.92 Å². The number of aromatic nitrogens is 3. The van der Waals surface area contributed by atoms with E-state index in [0.29, 0.717) is 16.7 Å². The lowest BCUT2D eigenvalue weighted by Crippen LogP contribution is -2.02. The average molecular weight is 360 g/mol. The van der Waals surface area contributed by atoms with Crippen LogP contribution >= 0.6 is 27.5 Å². The van der Waals surface area contributed by atoms with Gasteiger partial charge < -0.3 is 0 Å².